The third-order valence-corrected chi connectivity index (χ3v) is 3.40. The topological polar surface area (TPSA) is 84.9 Å². The Bertz CT molecular complexity index is 512. The molecule has 0 radical (unpaired) electrons. The van der Waals surface area contributed by atoms with E-state index in [-0.39, 0.29) is 12.3 Å². The fraction of sp³-hybridized carbons (Fsp3) is 0.529. The largest absolute Gasteiger partial charge is 0.497 e. The number of amides is 1. The van der Waals surface area contributed by atoms with Gasteiger partial charge in [0.1, 0.15) is 17.9 Å². The van der Waals surface area contributed by atoms with Crippen LogP contribution in [0.15, 0.2) is 24.3 Å². The molecule has 1 amide bonds. The van der Waals surface area contributed by atoms with Gasteiger partial charge in [-0.2, -0.15) is 0 Å². The zero-order valence-electron chi connectivity index (χ0n) is 14.0. The van der Waals surface area contributed by atoms with Gasteiger partial charge in [-0.25, -0.2) is 4.79 Å². The fourth-order valence-corrected chi connectivity index (χ4v) is 2.15. The summed E-state index contributed by atoms with van der Waals surface area (Å²) >= 11 is 0. The number of ether oxygens (including phenoxy) is 2. The highest BCUT2D eigenvalue weighted by molar-refractivity contribution is 5.87. The van der Waals surface area contributed by atoms with Crippen molar-refractivity contribution in [1.82, 2.24) is 5.32 Å². The molecule has 6 heteroatoms. The minimum atomic E-state index is -1.14. The fourth-order valence-electron chi connectivity index (χ4n) is 2.15. The molecule has 6 nitrogen and oxygen atoms in total. The number of aliphatic hydroxyl groups is 1. The lowest BCUT2D eigenvalue weighted by Crippen LogP contribution is -2.47. The van der Waals surface area contributed by atoms with Gasteiger partial charge in [0.25, 0.3) is 0 Å². The number of hydrogen-bond acceptors (Lipinski definition) is 5. The second kappa shape index (κ2) is 9.15. The van der Waals surface area contributed by atoms with Crippen LogP contribution in [0.1, 0.15) is 25.8 Å². The quantitative estimate of drug-likeness (QED) is 0.705. The van der Waals surface area contributed by atoms with E-state index in [1.807, 2.05) is 26.0 Å². The molecule has 128 valence electrons. The lowest BCUT2D eigenvalue weighted by molar-refractivity contribution is -0.146. The summed E-state index contributed by atoms with van der Waals surface area (Å²) in [5, 5.41) is 12.4. The average molecular weight is 323 g/mol. The van der Waals surface area contributed by atoms with Crippen LogP contribution in [0.2, 0.25) is 0 Å². The summed E-state index contributed by atoms with van der Waals surface area (Å²) < 4.78 is 9.81. The first kappa shape index (κ1) is 19.0. The molecule has 1 rings (SSSR count). The van der Waals surface area contributed by atoms with Gasteiger partial charge in [0.15, 0.2) is 0 Å². The van der Waals surface area contributed by atoms with Crippen LogP contribution in [0.4, 0.5) is 0 Å². The Labute approximate surface area is 136 Å². The first-order valence-corrected chi connectivity index (χ1v) is 7.56. The van der Waals surface area contributed by atoms with Crippen LogP contribution in [0, 0.1) is 5.92 Å². The van der Waals surface area contributed by atoms with Crippen LogP contribution in [0.5, 0.6) is 5.75 Å². The highest BCUT2D eigenvalue weighted by Crippen LogP contribution is 2.13. The normalized spacial score (nSPS) is 13.3. The van der Waals surface area contributed by atoms with Gasteiger partial charge in [0.05, 0.1) is 14.2 Å². The summed E-state index contributed by atoms with van der Waals surface area (Å²) in [4.78, 5) is 23.9. The summed E-state index contributed by atoms with van der Waals surface area (Å²) in [6.07, 6.45) is -0.531. The summed E-state index contributed by atoms with van der Waals surface area (Å²) in [6.45, 7) is 3.82. The monoisotopic (exact) mass is 323 g/mol. The lowest BCUT2D eigenvalue weighted by Gasteiger charge is -2.19. The molecular formula is C17H25NO5. The second-order valence-electron chi connectivity index (χ2n) is 5.78. The lowest BCUT2D eigenvalue weighted by atomic mass is 10.0. The number of aliphatic hydroxyl groups excluding tert-OH is 1. The zero-order chi connectivity index (χ0) is 17.4. The van der Waals surface area contributed by atoms with Crippen molar-refractivity contribution < 1.29 is 24.2 Å². The van der Waals surface area contributed by atoms with Gasteiger partial charge in [-0.1, -0.05) is 26.0 Å². The van der Waals surface area contributed by atoms with Crippen molar-refractivity contribution in [3.05, 3.63) is 29.8 Å². The van der Waals surface area contributed by atoms with E-state index in [0.717, 1.165) is 5.56 Å². The highest BCUT2D eigenvalue weighted by atomic mass is 16.5. The van der Waals surface area contributed by atoms with E-state index < -0.39 is 24.0 Å². The zero-order valence-corrected chi connectivity index (χ0v) is 14.0. The number of carbonyl (C=O) groups is 2. The predicted molar refractivity (Wildman–Crippen MR) is 86.1 cm³/mol. The minimum Gasteiger partial charge on any atom is -0.497 e. The summed E-state index contributed by atoms with van der Waals surface area (Å²) in [5.41, 5.74) is 0.847. The van der Waals surface area contributed by atoms with Crippen molar-refractivity contribution in [2.45, 2.75) is 38.8 Å². The summed E-state index contributed by atoms with van der Waals surface area (Å²) in [7, 11) is 2.84. The van der Waals surface area contributed by atoms with E-state index in [1.54, 1.807) is 19.2 Å². The molecule has 0 aromatic heterocycles. The number of carbonyl (C=O) groups excluding carboxylic acids is 2. The smallest absolute Gasteiger partial charge is 0.328 e. The van der Waals surface area contributed by atoms with Gasteiger partial charge in [-0.3, -0.25) is 4.79 Å². The molecule has 0 spiro atoms. The molecule has 0 fully saturated rings. The maximum atomic E-state index is 12.0. The maximum absolute atomic E-state index is 12.0. The third kappa shape index (κ3) is 6.28. The molecule has 0 saturated heterocycles. The number of methoxy groups -OCH3 is 2. The van der Waals surface area contributed by atoms with Gasteiger partial charge >= 0.3 is 5.97 Å². The van der Waals surface area contributed by atoms with Crippen LogP contribution in [-0.2, 0) is 20.7 Å². The first-order valence-electron chi connectivity index (χ1n) is 7.56. The molecule has 0 unspecified atom stereocenters. The molecule has 1 aromatic carbocycles. The van der Waals surface area contributed by atoms with E-state index in [1.165, 1.54) is 7.11 Å². The molecule has 0 aliphatic rings. The number of nitrogens with one attached hydrogen (secondary N) is 1. The predicted octanol–water partition coefficient (Wildman–Crippen LogP) is 1.30. The van der Waals surface area contributed by atoms with Crippen molar-refractivity contribution in [2.24, 2.45) is 5.92 Å². The number of rotatable bonds is 8. The molecule has 23 heavy (non-hydrogen) atoms. The van der Waals surface area contributed by atoms with Gasteiger partial charge in [0.2, 0.25) is 5.91 Å². The molecule has 0 aliphatic heterocycles. The van der Waals surface area contributed by atoms with Crippen LogP contribution in [0.3, 0.4) is 0 Å². The third-order valence-electron chi connectivity index (χ3n) is 3.40. The Morgan fingerprint density at radius 2 is 1.78 bits per heavy atom. The molecule has 0 saturated carbocycles. The van der Waals surface area contributed by atoms with Crippen molar-refractivity contribution in [2.75, 3.05) is 14.2 Å². The van der Waals surface area contributed by atoms with Crippen molar-refractivity contribution in [1.29, 1.82) is 0 Å². The first-order chi connectivity index (χ1) is 10.9. The van der Waals surface area contributed by atoms with E-state index >= 15 is 0 Å². The molecule has 2 atom stereocenters. The Hall–Kier alpha value is -2.08. The van der Waals surface area contributed by atoms with Crippen LogP contribution in [-0.4, -0.2) is 43.3 Å². The van der Waals surface area contributed by atoms with Gasteiger partial charge in [-0.05, 0) is 30.0 Å². The van der Waals surface area contributed by atoms with Crippen LogP contribution < -0.4 is 10.1 Å². The number of esters is 1. The Morgan fingerprint density at radius 3 is 2.26 bits per heavy atom. The number of benzene rings is 1. The molecule has 0 heterocycles. The van der Waals surface area contributed by atoms with E-state index in [4.69, 9.17) is 9.47 Å². The average Bonchev–Trinajstić information content (AvgIpc) is 2.53. The molecule has 0 bridgehead atoms. The number of hydrogen-bond donors (Lipinski definition) is 2. The Morgan fingerprint density at radius 1 is 1.17 bits per heavy atom. The Balaban J connectivity index is 2.75. The van der Waals surface area contributed by atoms with E-state index in [9.17, 15) is 14.7 Å². The van der Waals surface area contributed by atoms with Crippen LogP contribution >= 0.6 is 0 Å². The van der Waals surface area contributed by atoms with Crippen molar-refractivity contribution >= 4 is 11.9 Å². The van der Waals surface area contributed by atoms with Crippen molar-refractivity contribution in [3.8, 4) is 5.75 Å². The SMILES string of the molecule is COC(=O)[C@H](Cc1ccc(OC)cc1)NC(=O)[C@H](O)CC(C)C. The standard InChI is InChI=1S/C17H25NO5/c1-11(2)9-15(19)16(20)18-14(17(21)23-4)10-12-5-7-13(22-3)8-6-12/h5-8,11,14-15,19H,9-10H2,1-4H3,(H,18,20)/t14-,15+/m0/s1. The van der Waals surface area contributed by atoms with E-state index in [0.29, 0.717) is 12.2 Å². The van der Waals surface area contributed by atoms with Crippen molar-refractivity contribution in [3.63, 3.8) is 0 Å². The minimum absolute atomic E-state index is 0.175. The molecule has 2 N–H and O–H groups in total. The Kier molecular flexibility index (Phi) is 7.54. The van der Waals surface area contributed by atoms with E-state index in [2.05, 4.69) is 5.32 Å². The van der Waals surface area contributed by atoms with Gasteiger partial charge < -0.3 is 19.9 Å². The highest BCUT2D eigenvalue weighted by Gasteiger charge is 2.25. The molecule has 0 aliphatic carbocycles. The van der Waals surface area contributed by atoms with Gasteiger partial charge in [-0.15, -0.1) is 0 Å². The molecule has 1 aromatic rings. The summed E-state index contributed by atoms with van der Waals surface area (Å²) in [6, 6.07) is 6.33. The van der Waals surface area contributed by atoms with Crippen LogP contribution in [0.25, 0.3) is 0 Å². The maximum Gasteiger partial charge on any atom is 0.328 e. The molecular weight excluding hydrogens is 298 g/mol. The summed E-state index contributed by atoms with van der Waals surface area (Å²) in [5.74, 6) is -0.234. The van der Waals surface area contributed by atoms with Gasteiger partial charge in [0, 0.05) is 6.42 Å². The second-order valence-corrected chi connectivity index (χ2v) is 5.78.